The second-order valence-electron chi connectivity index (χ2n) is 14.0. The van der Waals surface area contributed by atoms with Gasteiger partial charge in [0.2, 0.25) is 0 Å². The number of nitrogens with zero attached hydrogens (tertiary/aromatic N) is 5. The fourth-order valence-electron chi connectivity index (χ4n) is 6.43. The topological polar surface area (TPSA) is 104 Å². The van der Waals surface area contributed by atoms with Gasteiger partial charge in [0.15, 0.2) is 11.5 Å². The first kappa shape index (κ1) is 32.5. The van der Waals surface area contributed by atoms with Crippen LogP contribution in [0.3, 0.4) is 0 Å². The molecule has 4 heterocycles. The molecular formula is C37H40F2N6O4. The fourth-order valence-corrected chi connectivity index (χ4v) is 6.43. The molecule has 0 bridgehead atoms. The van der Waals surface area contributed by atoms with Crippen LogP contribution >= 0.6 is 0 Å². The molecule has 256 valence electrons. The van der Waals surface area contributed by atoms with Gasteiger partial charge in [-0.3, -0.25) is 4.79 Å². The molecule has 12 heteroatoms. The lowest BCUT2D eigenvalue weighted by Gasteiger charge is -2.31. The van der Waals surface area contributed by atoms with E-state index >= 15 is 0 Å². The van der Waals surface area contributed by atoms with Gasteiger partial charge in [0.05, 0.1) is 28.5 Å². The van der Waals surface area contributed by atoms with E-state index < -0.39 is 24.4 Å². The molecular weight excluding hydrogens is 630 g/mol. The monoisotopic (exact) mass is 670 g/mol. The molecule has 1 N–H and O–H groups in total. The van der Waals surface area contributed by atoms with Crippen molar-refractivity contribution < 1.29 is 27.8 Å². The number of alkyl carbamates (subject to hydrolysis) is 1. The highest BCUT2D eigenvalue weighted by atomic mass is 19.1. The normalized spacial score (nSPS) is 15.5. The number of alkyl halides is 1. The Kier molecular flexibility index (Phi) is 8.50. The van der Waals surface area contributed by atoms with Gasteiger partial charge in [0.25, 0.3) is 5.91 Å². The number of aryl methyl sites for hydroxylation is 1. The van der Waals surface area contributed by atoms with Gasteiger partial charge in [-0.15, -0.1) is 0 Å². The van der Waals surface area contributed by atoms with Crippen LogP contribution in [0.1, 0.15) is 55.2 Å². The Hall–Kier alpha value is -5.00. The molecule has 7 rings (SSSR count). The average molecular weight is 671 g/mol. The minimum absolute atomic E-state index is 0.00791. The summed E-state index contributed by atoms with van der Waals surface area (Å²) in [4.78, 5) is 37.3. The van der Waals surface area contributed by atoms with Crippen LogP contribution in [-0.4, -0.2) is 67.4 Å². The zero-order valence-corrected chi connectivity index (χ0v) is 28.1. The molecule has 1 aliphatic carbocycles. The van der Waals surface area contributed by atoms with E-state index in [0.29, 0.717) is 64.9 Å². The standard InChI is InChI=1S/C37H40F2N6O4/c1-37(2,3)49-36(47)40-26(18-38)20-44-13-12-28-27(35(44)46)17-29-33(41-28)43(4)34(42-29)30-15-24-14-25(39)16-31(32(24)45(30)19-22-10-11-22)48-21-23-8-6-5-7-9-23/h5-9,14-17,22,26H,10-13,18-21H2,1-4H3,(H,40,47)/t26-/m1/s1. The maximum Gasteiger partial charge on any atom is 0.408 e. The maximum atomic E-state index is 15.0. The van der Waals surface area contributed by atoms with Gasteiger partial charge >= 0.3 is 6.09 Å². The highest BCUT2D eigenvalue weighted by molar-refractivity contribution is 5.99. The molecule has 1 atom stereocenters. The third kappa shape index (κ3) is 6.81. The van der Waals surface area contributed by atoms with Crippen LogP contribution in [-0.2, 0) is 31.4 Å². The number of benzene rings is 2. The largest absolute Gasteiger partial charge is 0.487 e. The van der Waals surface area contributed by atoms with E-state index in [0.717, 1.165) is 36.2 Å². The highest BCUT2D eigenvalue weighted by Crippen LogP contribution is 2.40. The fraction of sp³-hybridized carbons (Fsp3) is 0.405. The van der Waals surface area contributed by atoms with Crippen molar-refractivity contribution in [3.8, 4) is 17.3 Å². The third-order valence-electron chi connectivity index (χ3n) is 8.93. The zero-order valence-electron chi connectivity index (χ0n) is 28.1. The molecule has 1 aliphatic heterocycles. The molecule has 2 aromatic carbocycles. The van der Waals surface area contributed by atoms with E-state index in [1.165, 1.54) is 17.0 Å². The van der Waals surface area contributed by atoms with Crippen LogP contribution in [0.5, 0.6) is 5.75 Å². The lowest BCUT2D eigenvalue weighted by atomic mass is 10.0. The molecule has 49 heavy (non-hydrogen) atoms. The maximum absolute atomic E-state index is 15.0. The van der Waals surface area contributed by atoms with E-state index in [4.69, 9.17) is 19.4 Å². The van der Waals surface area contributed by atoms with Crippen LogP contribution in [0.4, 0.5) is 13.6 Å². The van der Waals surface area contributed by atoms with Crippen molar-refractivity contribution >= 4 is 34.1 Å². The number of carbonyl (C=O) groups excluding carboxylic acids is 2. The molecule has 2 amide bonds. The first-order chi connectivity index (χ1) is 23.5. The predicted molar refractivity (Wildman–Crippen MR) is 182 cm³/mol. The second-order valence-corrected chi connectivity index (χ2v) is 14.0. The van der Waals surface area contributed by atoms with E-state index in [-0.39, 0.29) is 18.3 Å². The number of hydrogen-bond acceptors (Lipinski definition) is 6. The second kappa shape index (κ2) is 12.8. The summed E-state index contributed by atoms with van der Waals surface area (Å²) >= 11 is 0. The summed E-state index contributed by atoms with van der Waals surface area (Å²) < 4.78 is 44.5. The lowest BCUT2D eigenvalue weighted by Crippen LogP contribution is -2.50. The first-order valence-corrected chi connectivity index (χ1v) is 16.7. The molecule has 1 fully saturated rings. The number of amides is 2. The summed E-state index contributed by atoms with van der Waals surface area (Å²) in [7, 11) is 1.89. The van der Waals surface area contributed by atoms with E-state index in [9.17, 15) is 18.4 Å². The Morgan fingerprint density at radius 3 is 2.59 bits per heavy atom. The van der Waals surface area contributed by atoms with Crippen molar-refractivity contribution in [2.45, 2.75) is 64.8 Å². The minimum Gasteiger partial charge on any atom is -0.487 e. The van der Waals surface area contributed by atoms with Crippen molar-refractivity contribution in [3.05, 3.63) is 77.2 Å². The number of ether oxygens (including phenoxy) is 2. The van der Waals surface area contributed by atoms with Crippen LogP contribution in [0.2, 0.25) is 0 Å². The summed E-state index contributed by atoms with van der Waals surface area (Å²) in [6.07, 6.45) is 1.96. The van der Waals surface area contributed by atoms with Crippen molar-refractivity contribution in [3.63, 3.8) is 0 Å². The average Bonchev–Trinajstić information content (AvgIpc) is 3.73. The Morgan fingerprint density at radius 1 is 1.10 bits per heavy atom. The van der Waals surface area contributed by atoms with Crippen molar-refractivity contribution in [2.24, 2.45) is 13.0 Å². The van der Waals surface area contributed by atoms with Crippen molar-refractivity contribution in [2.75, 3.05) is 19.8 Å². The van der Waals surface area contributed by atoms with Crippen LogP contribution in [0.25, 0.3) is 33.6 Å². The van der Waals surface area contributed by atoms with E-state index in [1.807, 2.05) is 48.0 Å². The molecule has 5 aromatic rings. The number of hydrogen-bond donors (Lipinski definition) is 1. The quantitative estimate of drug-likeness (QED) is 0.180. The van der Waals surface area contributed by atoms with E-state index in [1.54, 1.807) is 26.8 Å². The van der Waals surface area contributed by atoms with Gasteiger partial charge in [-0.05, 0) is 63.3 Å². The van der Waals surface area contributed by atoms with Crippen LogP contribution in [0.15, 0.2) is 54.6 Å². The summed E-state index contributed by atoms with van der Waals surface area (Å²) in [5.74, 6) is 0.925. The number of nitrogens with one attached hydrogen (secondary N) is 1. The van der Waals surface area contributed by atoms with Gasteiger partial charge in [0, 0.05) is 44.6 Å². The van der Waals surface area contributed by atoms with Crippen LogP contribution < -0.4 is 10.1 Å². The minimum atomic E-state index is -0.918. The van der Waals surface area contributed by atoms with Crippen LogP contribution in [0, 0.1) is 11.7 Å². The molecule has 1 saturated carbocycles. The van der Waals surface area contributed by atoms with Gasteiger partial charge in [0.1, 0.15) is 36.0 Å². The third-order valence-corrected chi connectivity index (χ3v) is 8.93. The molecule has 0 spiro atoms. The van der Waals surface area contributed by atoms with Gasteiger partial charge < -0.3 is 28.8 Å². The molecule has 0 unspecified atom stereocenters. The van der Waals surface area contributed by atoms with Crippen molar-refractivity contribution in [1.82, 2.24) is 29.3 Å². The van der Waals surface area contributed by atoms with Gasteiger partial charge in [-0.25, -0.2) is 23.5 Å². The number of imidazole rings is 1. The molecule has 2 aliphatic rings. The Morgan fingerprint density at radius 2 is 1.88 bits per heavy atom. The summed E-state index contributed by atoms with van der Waals surface area (Å²) in [5, 5.41) is 3.25. The molecule has 0 saturated heterocycles. The zero-order chi connectivity index (χ0) is 34.4. The molecule has 0 radical (unpaired) electrons. The molecule has 3 aromatic heterocycles. The Balaban J connectivity index is 1.21. The number of pyridine rings is 1. The number of aromatic nitrogens is 4. The smallest absolute Gasteiger partial charge is 0.408 e. The number of rotatable bonds is 10. The highest BCUT2D eigenvalue weighted by Gasteiger charge is 2.31. The first-order valence-electron chi connectivity index (χ1n) is 16.7. The van der Waals surface area contributed by atoms with Gasteiger partial charge in [-0.2, -0.15) is 0 Å². The summed E-state index contributed by atoms with van der Waals surface area (Å²) in [6.45, 7) is 5.69. The Labute approximate surface area is 283 Å². The Bertz CT molecular complexity index is 2050. The van der Waals surface area contributed by atoms with Crippen molar-refractivity contribution in [1.29, 1.82) is 0 Å². The number of halogens is 2. The lowest BCUT2D eigenvalue weighted by molar-refractivity contribution is 0.0465. The summed E-state index contributed by atoms with van der Waals surface area (Å²) in [6, 6.07) is 15.5. The number of carbonyl (C=O) groups is 2. The van der Waals surface area contributed by atoms with E-state index in [2.05, 4.69) is 9.88 Å². The van der Waals surface area contributed by atoms with Gasteiger partial charge in [-0.1, -0.05) is 30.3 Å². The summed E-state index contributed by atoms with van der Waals surface area (Å²) in [5.41, 5.74) is 4.07. The molecule has 10 nitrogen and oxygen atoms in total. The SMILES string of the molecule is Cn1c(-c2cc3cc(F)cc(OCc4ccccc4)c3n2CC2CC2)nc2cc3c(nc21)CCN(C[C@@H](CF)NC(=O)OC(C)(C)C)C3=O. The number of fused-ring (bicyclic) bond motifs is 3. The predicted octanol–water partition coefficient (Wildman–Crippen LogP) is 6.58.